The summed E-state index contributed by atoms with van der Waals surface area (Å²) in [6.45, 7) is 7.70. The van der Waals surface area contributed by atoms with Gasteiger partial charge in [0.25, 0.3) is 0 Å². The first-order valence-corrected chi connectivity index (χ1v) is 7.72. The third-order valence-electron chi connectivity index (χ3n) is 4.76. The van der Waals surface area contributed by atoms with E-state index in [0.717, 1.165) is 19.8 Å². The second-order valence-corrected chi connectivity index (χ2v) is 6.34. The molecule has 1 saturated heterocycles. The van der Waals surface area contributed by atoms with Gasteiger partial charge in [-0.25, -0.2) is 0 Å². The summed E-state index contributed by atoms with van der Waals surface area (Å²) in [7, 11) is 2.11. The number of rotatable bonds is 4. The highest BCUT2D eigenvalue weighted by atomic mass is 16.5. The highest BCUT2D eigenvalue weighted by Crippen LogP contribution is 2.36. The Balaban J connectivity index is 1.99. The minimum Gasteiger partial charge on any atom is -0.379 e. The highest BCUT2D eigenvalue weighted by molar-refractivity contribution is 4.88. The van der Waals surface area contributed by atoms with Gasteiger partial charge in [0, 0.05) is 25.7 Å². The lowest BCUT2D eigenvalue weighted by atomic mass is 9.79. The largest absolute Gasteiger partial charge is 0.379 e. The van der Waals surface area contributed by atoms with E-state index in [1.54, 1.807) is 0 Å². The first-order chi connectivity index (χ1) is 8.76. The van der Waals surface area contributed by atoms with Gasteiger partial charge in [-0.1, -0.05) is 25.7 Å². The fourth-order valence-corrected chi connectivity index (χ4v) is 3.67. The van der Waals surface area contributed by atoms with E-state index < -0.39 is 0 Å². The topological polar surface area (TPSA) is 24.5 Å². The van der Waals surface area contributed by atoms with Crippen molar-refractivity contribution in [2.75, 3.05) is 39.9 Å². The summed E-state index contributed by atoms with van der Waals surface area (Å²) in [5.41, 5.74) is 0.511. The summed E-state index contributed by atoms with van der Waals surface area (Å²) in [5, 5.41) is 3.45. The molecule has 1 N–H and O–H groups in total. The molecule has 1 unspecified atom stereocenters. The molecule has 1 saturated carbocycles. The Hall–Kier alpha value is -0.120. The van der Waals surface area contributed by atoms with Crippen LogP contribution in [0.4, 0.5) is 0 Å². The maximum atomic E-state index is 5.56. The SMILES string of the molecule is CNCC1(CN2CCOCC2C)CCCCCC1. The molecule has 1 heterocycles. The number of nitrogens with one attached hydrogen (secondary N) is 1. The van der Waals surface area contributed by atoms with E-state index in [2.05, 4.69) is 24.2 Å². The zero-order valence-corrected chi connectivity index (χ0v) is 12.2. The van der Waals surface area contributed by atoms with Crippen molar-refractivity contribution in [3.05, 3.63) is 0 Å². The summed E-state index contributed by atoms with van der Waals surface area (Å²) < 4.78 is 5.56. The molecule has 0 radical (unpaired) electrons. The molecule has 2 rings (SSSR count). The minimum absolute atomic E-state index is 0.511. The number of nitrogens with zero attached hydrogens (tertiary/aromatic N) is 1. The van der Waals surface area contributed by atoms with Crippen LogP contribution in [-0.2, 0) is 4.74 Å². The lowest BCUT2D eigenvalue weighted by molar-refractivity contribution is -0.0229. The molecular weight excluding hydrogens is 224 g/mol. The van der Waals surface area contributed by atoms with Crippen LogP contribution < -0.4 is 5.32 Å². The number of ether oxygens (including phenoxy) is 1. The van der Waals surface area contributed by atoms with Crippen molar-refractivity contribution in [2.45, 2.75) is 51.5 Å². The maximum Gasteiger partial charge on any atom is 0.0619 e. The molecule has 0 aromatic rings. The van der Waals surface area contributed by atoms with Crippen molar-refractivity contribution < 1.29 is 4.74 Å². The smallest absolute Gasteiger partial charge is 0.0619 e. The first-order valence-electron chi connectivity index (χ1n) is 7.72. The van der Waals surface area contributed by atoms with Crippen LogP contribution in [0.5, 0.6) is 0 Å². The quantitative estimate of drug-likeness (QED) is 0.779. The summed E-state index contributed by atoms with van der Waals surface area (Å²) in [6.07, 6.45) is 8.50. The molecular formula is C15H30N2O. The van der Waals surface area contributed by atoms with E-state index in [4.69, 9.17) is 4.74 Å². The van der Waals surface area contributed by atoms with Crippen LogP contribution in [0.3, 0.4) is 0 Å². The van der Waals surface area contributed by atoms with Gasteiger partial charge in [-0.05, 0) is 32.2 Å². The van der Waals surface area contributed by atoms with E-state index in [-0.39, 0.29) is 0 Å². The molecule has 2 fully saturated rings. The zero-order chi connectivity index (χ0) is 12.8. The van der Waals surface area contributed by atoms with Crippen molar-refractivity contribution >= 4 is 0 Å². The highest BCUT2D eigenvalue weighted by Gasteiger charge is 2.34. The fraction of sp³-hybridized carbons (Fsp3) is 1.00. The molecule has 1 atom stereocenters. The first kappa shape index (κ1) is 14.3. The van der Waals surface area contributed by atoms with Crippen molar-refractivity contribution in [1.82, 2.24) is 10.2 Å². The Morgan fingerprint density at radius 1 is 1.22 bits per heavy atom. The third-order valence-corrected chi connectivity index (χ3v) is 4.76. The van der Waals surface area contributed by atoms with Gasteiger partial charge < -0.3 is 10.1 Å². The molecule has 3 nitrogen and oxygen atoms in total. The van der Waals surface area contributed by atoms with Crippen LogP contribution in [0.15, 0.2) is 0 Å². The van der Waals surface area contributed by atoms with Crippen molar-refractivity contribution in [1.29, 1.82) is 0 Å². The van der Waals surface area contributed by atoms with E-state index in [0.29, 0.717) is 11.5 Å². The minimum atomic E-state index is 0.511. The molecule has 1 aliphatic carbocycles. The van der Waals surface area contributed by atoms with Gasteiger partial charge in [0.2, 0.25) is 0 Å². The molecule has 0 spiro atoms. The summed E-state index contributed by atoms with van der Waals surface area (Å²) in [5.74, 6) is 0. The van der Waals surface area contributed by atoms with Crippen LogP contribution in [0.2, 0.25) is 0 Å². The van der Waals surface area contributed by atoms with E-state index >= 15 is 0 Å². The van der Waals surface area contributed by atoms with Crippen LogP contribution >= 0.6 is 0 Å². The normalized spacial score (nSPS) is 30.0. The molecule has 2 aliphatic rings. The van der Waals surface area contributed by atoms with Crippen LogP contribution in [0.25, 0.3) is 0 Å². The lowest BCUT2D eigenvalue weighted by Gasteiger charge is -2.42. The Bertz CT molecular complexity index is 237. The Labute approximate surface area is 112 Å². The Kier molecular flexibility index (Phi) is 5.46. The molecule has 0 aromatic carbocycles. The van der Waals surface area contributed by atoms with Gasteiger partial charge in [-0.2, -0.15) is 0 Å². The second-order valence-electron chi connectivity index (χ2n) is 6.34. The summed E-state index contributed by atoms with van der Waals surface area (Å²) in [6, 6.07) is 0.593. The number of hydrogen-bond acceptors (Lipinski definition) is 3. The van der Waals surface area contributed by atoms with Crippen LogP contribution in [-0.4, -0.2) is 50.8 Å². The predicted octanol–water partition coefficient (Wildman–Crippen LogP) is 2.27. The van der Waals surface area contributed by atoms with Gasteiger partial charge in [-0.15, -0.1) is 0 Å². The molecule has 0 bridgehead atoms. The van der Waals surface area contributed by atoms with Crippen LogP contribution in [0.1, 0.15) is 45.4 Å². The average molecular weight is 254 g/mol. The second kappa shape index (κ2) is 6.88. The maximum absolute atomic E-state index is 5.56. The van der Waals surface area contributed by atoms with Gasteiger partial charge in [-0.3, -0.25) is 4.90 Å². The molecule has 18 heavy (non-hydrogen) atoms. The van der Waals surface area contributed by atoms with Crippen LogP contribution in [0, 0.1) is 5.41 Å². The average Bonchev–Trinajstić information content (AvgIpc) is 2.59. The van der Waals surface area contributed by atoms with E-state index in [1.165, 1.54) is 51.6 Å². The number of morpholine rings is 1. The molecule has 0 aromatic heterocycles. The van der Waals surface area contributed by atoms with E-state index in [1.807, 2.05) is 0 Å². The molecule has 0 amide bonds. The summed E-state index contributed by atoms with van der Waals surface area (Å²) in [4.78, 5) is 2.66. The predicted molar refractivity (Wildman–Crippen MR) is 75.9 cm³/mol. The summed E-state index contributed by atoms with van der Waals surface area (Å²) >= 11 is 0. The van der Waals surface area contributed by atoms with Gasteiger partial charge in [0.15, 0.2) is 0 Å². The van der Waals surface area contributed by atoms with Crippen molar-refractivity contribution in [2.24, 2.45) is 5.41 Å². The Morgan fingerprint density at radius 3 is 2.56 bits per heavy atom. The van der Waals surface area contributed by atoms with Crippen molar-refractivity contribution in [3.8, 4) is 0 Å². The van der Waals surface area contributed by atoms with Gasteiger partial charge >= 0.3 is 0 Å². The fourth-order valence-electron chi connectivity index (χ4n) is 3.67. The molecule has 1 aliphatic heterocycles. The van der Waals surface area contributed by atoms with Gasteiger partial charge in [0.1, 0.15) is 0 Å². The van der Waals surface area contributed by atoms with Crippen molar-refractivity contribution in [3.63, 3.8) is 0 Å². The lowest BCUT2D eigenvalue weighted by Crippen LogP contribution is -2.51. The number of hydrogen-bond donors (Lipinski definition) is 1. The zero-order valence-electron chi connectivity index (χ0n) is 12.2. The van der Waals surface area contributed by atoms with E-state index in [9.17, 15) is 0 Å². The standard InChI is InChI=1S/C15H30N2O/c1-14-11-18-10-9-17(14)13-15(12-16-2)7-5-3-4-6-8-15/h14,16H,3-13H2,1-2H3. The molecule has 3 heteroatoms. The third kappa shape index (κ3) is 3.69. The Morgan fingerprint density at radius 2 is 1.94 bits per heavy atom. The van der Waals surface area contributed by atoms with Gasteiger partial charge in [0.05, 0.1) is 13.2 Å². The monoisotopic (exact) mass is 254 g/mol. The molecule has 106 valence electrons.